The zero-order valence-corrected chi connectivity index (χ0v) is 10.2. The Morgan fingerprint density at radius 3 is 2.42 bits per heavy atom. The number of Topliss-reactive ketones (excluding diaryl/α,β-unsaturated/α-hetero) is 1. The summed E-state index contributed by atoms with van der Waals surface area (Å²) in [4.78, 5) is 26.6. The van der Waals surface area contributed by atoms with Crippen LogP contribution in [0.25, 0.3) is 0 Å². The molecule has 3 heteroatoms. The maximum Gasteiger partial charge on any atom is 0.255 e. The molecule has 0 N–H and O–H groups in total. The SMILES string of the molecule is O=C1c2ccccc2CN2C(=O)c3ccccc3C12. The van der Waals surface area contributed by atoms with Gasteiger partial charge in [0.1, 0.15) is 6.04 Å². The smallest absolute Gasteiger partial charge is 0.255 e. The molecule has 0 spiro atoms. The highest BCUT2D eigenvalue weighted by Crippen LogP contribution is 2.40. The van der Waals surface area contributed by atoms with Crippen molar-refractivity contribution in [3.05, 3.63) is 70.8 Å². The number of hydrogen-bond acceptors (Lipinski definition) is 2. The number of carbonyl (C=O) groups is 2. The van der Waals surface area contributed by atoms with E-state index in [4.69, 9.17) is 0 Å². The van der Waals surface area contributed by atoms with Crippen molar-refractivity contribution in [2.24, 2.45) is 0 Å². The van der Waals surface area contributed by atoms with Gasteiger partial charge in [-0.2, -0.15) is 0 Å². The van der Waals surface area contributed by atoms with Gasteiger partial charge in [-0.25, -0.2) is 0 Å². The number of nitrogens with zero attached hydrogens (tertiary/aromatic N) is 1. The first-order valence-corrected chi connectivity index (χ1v) is 6.29. The minimum atomic E-state index is -0.432. The Morgan fingerprint density at radius 1 is 0.895 bits per heavy atom. The van der Waals surface area contributed by atoms with Crippen LogP contribution in [0.15, 0.2) is 48.5 Å². The van der Waals surface area contributed by atoms with Crippen LogP contribution in [-0.2, 0) is 6.54 Å². The third-order valence-electron chi connectivity index (χ3n) is 3.93. The van der Waals surface area contributed by atoms with Gasteiger partial charge >= 0.3 is 0 Å². The van der Waals surface area contributed by atoms with Gasteiger partial charge in [0.05, 0.1) is 0 Å². The summed E-state index contributed by atoms with van der Waals surface area (Å²) in [5.74, 6) is -0.0106. The number of hydrogen-bond donors (Lipinski definition) is 0. The number of fused-ring (bicyclic) bond motifs is 4. The minimum Gasteiger partial charge on any atom is -0.320 e. The first-order valence-electron chi connectivity index (χ1n) is 6.29. The number of benzene rings is 2. The Balaban J connectivity index is 1.93. The summed E-state index contributed by atoms with van der Waals surface area (Å²) in [6, 6.07) is 14.5. The van der Waals surface area contributed by atoms with E-state index < -0.39 is 6.04 Å². The van der Waals surface area contributed by atoms with E-state index in [2.05, 4.69) is 0 Å². The fourth-order valence-corrected chi connectivity index (χ4v) is 3.05. The van der Waals surface area contributed by atoms with E-state index in [1.165, 1.54) is 0 Å². The second kappa shape index (κ2) is 3.54. The van der Waals surface area contributed by atoms with Crippen molar-refractivity contribution in [2.45, 2.75) is 12.6 Å². The van der Waals surface area contributed by atoms with Crippen molar-refractivity contribution in [3.8, 4) is 0 Å². The van der Waals surface area contributed by atoms with Gasteiger partial charge in [0.2, 0.25) is 0 Å². The summed E-state index contributed by atoms with van der Waals surface area (Å²) in [5.41, 5.74) is 3.18. The summed E-state index contributed by atoms with van der Waals surface area (Å²) >= 11 is 0. The lowest BCUT2D eigenvalue weighted by Crippen LogP contribution is -2.37. The van der Waals surface area contributed by atoms with Gasteiger partial charge in [-0.1, -0.05) is 42.5 Å². The Morgan fingerprint density at radius 2 is 1.58 bits per heavy atom. The summed E-state index contributed by atoms with van der Waals surface area (Å²) < 4.78 is 0. The molecule has 2 aliphatic heterocycles. The third kappa shape index (κ3) is 1.27. The Labute approximate surface area is 110 Å². The highest BCUT2D eigenvalue weighted by Gasteiger charge is 2.44. The first kappa shape index (κ1) is 10.5. The van der Waals surface area contributed by atoms with E-state index in [0.717, 1.165) is 16.7 Å². The van der Waals surface area contributed by atoms with Crippen molar-refractivity contribution in [2.75, 3.05) is 0 Å². The molecule has 0 aliphatic carbocycles. The lowest BCUT2D eigenvalue weighted by atomic mass is 9.90. The van der Waals surface area contributed by atoms with Crippen LogP contribution in [0.3, 0.4) is 0 Å². The molecule has 1 atom stereocenters. The second-order valence-electron chi connectivity index (χ2n) is 4.94. The van der Waals surface area contributed by atoms with Crippen LogP contribution in [-0.4, -0.2) is 16.6 Å². The van der Waals surface area contributed by atoms with Crippen LogP contribution in [0, 0.1) is 0 Å². The van der Waals surface area contributed by atoms with E-state index in [1.54, 1.807) is 11.0 Å². The Hall–Kier alpha value is -2.42. The largest absolute Gasteiger partial charge is 0.320 e. The van der Waals surface area contributed by atoms with Gasteiger partial charge in [-0.05, 0) is 17.2 Å². The van der Waals surface area contributed by atoms with E-state index in [1.807, 2.05) is 42.5 Å². The summed E-state index contributed by atoms with van der Waals surface area (Å²) in [6.45, 7) is 0.514. The molecule has 2 aliphatic rings. The highest BCUT2D eigenvalue weighted by molar-refractivity contribution is 6.11. The molecule has 0 saturated heterocycles. The van der Waals surface area contributed by atoms with E-state index in [-0.39, 0.29) is 11.7 Å². The lowest BCUT2D eigenvalue weighted by molar-refractivity contribution is 0.0616. The monoisotopic (exact) mass is 249 g/mol. The zero-order valence-electron chi connectivity index (χ0n) is 10.2. The van der Waals surface area contributed by atoms with Crippen LogP contribution in [0.4, 0.5) is 0 Å². The molecule has 2 aromatic rings. The van der Waals surface area contributed by atoms with Crippen LogP contribution in [0.2, 0.25) is 0 Å². The zero-order chi connectivity index (χ0) is 13.0. The minimum absolute atomic E-state index is 0.0279. The van der Waals surface area contributed by atoms with Crippen molar-refractivity contribution >= 4 is 11.7 Å². The number of rotatable bonds is 0. The Bertz CT molecular complexity index is 720. The summed E-state index contributed by atoms with van der Waals surface area (Å²) in [5, 5.41) is 0. The molecule has 4 rings (SSSR count). The molecule has 0 aromatic heterocycles. The predicted octanol–water partition coefficient (Wildman–Crippen LogP) is 2.58. The molecule has 0 saturated carbocycles. The van der Waals surface area contributed by atoms with Crippen molar-refractivity contribution < 1.29 is 9.59 Å². The first-order chi connectivity index (χ1) is 9.27. The summed E-state index contributed by atoms with van der Waals surface area (Å²) in [7, 11) is 0. The molecule has 0 fully saturated rings. The quantitative estimate of drug-likeness (QED) is 0.719. The van der Waals surface area contributed by atoms with Crippen molar-refractivity contribution in [1.82, 2.24) is 4.90 Å². The van der Waals surface area contributed by atoms with Crippen LogP contribution in [0.1, 0.15) is 37.9 Å². The van der Waals surface area contributed by atoms with Crippen molar-refractivity contribution in [3.63, 3.8) is 0 Å². The average Bonchev–Trinajstić information content (AvgIpc) is 2.74. The van der Waals surface area contributed by atoms with Gasteiger partial charge in [0.15, 0.2) is 5.78 Å². The maximum absolute atomic E-state index is 12.6. The van der Waals surface area contributed by atoms with Crippen LogP contribution < -0.4 is 0 Å². The fourth-order valence-electron chi connectivity index (χ4n) is 3.05. The van der Waals surface area contributed by atoms with Gasteiger partial charge in [0.25, 0.3) is 5.91 Å². The topological polar surface area (TPSA) is 37.4 Å². The van der Waals surface area contributed by atoms with Crippen molar-refractivity contribution in [1.29, 1.82) is 0 Å². The molecule has 0 radical (unpaired) electrons. The van der Waals surface area contributed by atoms with E-state index in [9.17, 15) is 9.59 Å². The van der Waals surface area contributed by atoms with E-state index in [0.29, 0.717) is 12.1 Å². The number of amides is 1. The highest BCUT2D eigenvalue weighted by atomic mass is 16.2. The standard InChI is InChI=1S/C16H11NO2/c18-15-11-6-2-1-5-10(11)9-17-14(15)12-7-3-4-8-13(12)16(17)19/h1-8,14H,9H2. The van der Waals surface area contributed by atoms with Gasteiger partial charge in [-0.3, -0.25) is 9.59 Å². The predicted molar refractivity (Wildman–Crippen MR) is 69.8 cm³/mol. The second-order valence-corrected chi connectivity index (χ2v) is 4.94. The molecule has 2 aromatic carbocycles. The molecule has 19 heavy (non-hydrogen) atoms. The normalized spacial score (nSPS) is 20.0. The van der Waals surface area contributed by atoms with Gasteiger partial charge in [-0.15, -0.1) is 0 Å². The third-order valence-corrected chi connectivity index (χ3v) is 3.93. The lowest BCUT2D eigenvalue weighted by Gasteiger charge is -2.30. The number of carbonyl (C=O) groups excluding carboxylic acids is 2. The molecule has 3 nitrogen and oxygen atoms in total. The average molecular weight is 249 g/mol. The molecule has 2 heterocycles. The molecular formula is C16H11NO2. The van der Waals surface area contributed by atoms with Gasteiger partial charge in [0, 0.05) is 17.7 Å². The molecule has 0 bridgehead atoms. The van der Waals surface area contributed by atoms with E-state index >= 15 is 0 Å². The van der Waals surface area contributed by atoms with Crippen LogP contribution in [0.5, 0.6) is 0 Å². The molecule has 1 amide bonds. The molecule has 92 valence electrons. The maximum atomic E-state index is 12.6. The molecule has 1 unspecified atom stereocenters. The molecular weight excluding hydrogens is 238 g/mol. The van der Waals surface area contributed by atoms with Crippen LogP contribution >= 0.6 is 0 Å². The Kier molecular flexibility index (Phi) is 1.96. The summed E-state index contributed by atoms with van der Waals surface area (Å²) in [6.07, 6.45) is 0. The number of ketones is 1. The fraction of sp³-hybridized carbons (Fsp3) is 0.125. The van der Waals surface area contributed by atoms with Gasteiger partial charge < -0.3 is 4.90 Å².